The Morgan fingerprint density at radius 3 is 2.90 bits per heavy atom. The molecular formula is C14H8N4O3. The van der Waals surface area contributed by atoms with Crippen molar-refractivity contribution in [3.63, 3.8) is 0 Å². The number of carbonyl (C=O) groups is 1. The molecule has 0 saturated heterocycles. The Morgan fingerprint density at radius 1 is 1.33 bits per heavy atom. The van der Waals surface area contributed by atoms with Crippen molar-refractivity contribution in [2.45, 2.75) is 0 Å². The van der Waals surface area contributed by atoms with E-state index in [4.69, 9.17) is 15.4 Å². The van der Waals surface area contributed by atoms with Gasteiger partial charge in [-0.05, 0) is 24.3 Å². The zero-order chi connectivity index (χ0) is 15.0. The van der Waals surface area contributed by atoms with E-state index < -0.39 is 11.7 Å². The summed E-state index contributed by atoms with van der Waals surface area (Å²) in [6, 6.07) is 9.13. The Labute approximate surface area is 117 Å². The summed E-state index contributed by atoms with van der Waals surface area (Å²) in [7, 11) is 0. The number of benzene rings is 1. The molecule has 21 heavy (non-hydrogen) atoms. The van der Waals surface area contributed by atoms with Crippen LogP contribution in [-0.4, -0.2) is 15.5 Å². The van der Waals surface area contributed by atoms with E-state index >= 15 is 0 Å². The monoisotopic (exact) mass is 280 g/mol. The number of aromatic nitrogens is 2. The van der Waals surface area contributed by atoms with Gasteiger partial charge in [-0.1, -0.05) is 0 Å². The maximum atomic E-state index is 12.4. The van der Waals surface area contributed by atoms with E-state index in [1.807, 2.05) is 6.07 Å². The highest BCUT2D eigenvalue weighted by Gasteiger charge is 2.18. The molecule has 0 aliphatic carbocycles. The topological polar surface area (TPSA) is 115 Å². The van der Waals surface area contributed by atoms with Gasteiger partial charge in [0.2, 0.25) is 0 Å². The molecule has 0 aliphatic rings. The summed E-state index contributed by atoms with van der Waals surface area (Å²) in [6.07, 6.45) is 1.33. The SMILES string of the molecule is N#Cc1cc(C(=O)n2c(=O)oc3cc(N)ccc32)ccn1. The van der Waals surface area contributed by atoms with E-state index in [0.717, 1.165) is 4.57 Å². The molecule has 0 fully saturated rings. The molecule has 0 aliphatic heterocycles. The molecule has 102 valence electrons. The summed E-state index contributed by atoms with van der Waals surface area (Å²) in [5, 5.41) is 8.81. The van der Waals surface area contributed by atoms with Crippen LogP contribution in [0.4, 0.5) is 5.69 Å². The van der Waals surface area contributed by atoms with Gasteiger partial charge >= 0.3 is 5.76 Å². The molecule has 0 spiro atoms. The minimum absolute atomic E-state index is 0.0888. The van der Waals surface area contributed by atoms with E-state index in [-0.39, 0.29) is 16.8 Å². The Balaban J connectivity index is 2.20. The van der Waals surface area contributed by atoms with Gasteiger partial charge in [0.15, 0.2) is 5.58 Å². The first-order valence-electron chi connectivity index (χ1n) is 5.92. The van der Waals surface area contributed by atoms with Crippen molar-refractivity contribution in [1.82, 2.24) is 9.55 Å². The molecular weight excluding hydrogens is 272 g/mol. The summed E-state index contributed by atoms with van der Waals surface area (Å²) in [5.74, 6) is -1.40. The third kappa shape index (κ3) is 2.04. The average molecular weight is 280 g/mol. The predicted molar refractivity (Wildman–Crippen MR) is 73.6 cm³/mol. The lowest BCUT2D eigenvalue weighted by atomic mass is 10.2. The third-order valence-electron chi connectivity index (χ3n) is 2.93. The summed E-state index contributed by atoms with van der Waals surface area (Å²) in [5.41, 5.74) is 6.83. The molecule has 0 amide bonds. The van der Waals surface area contributed by atoms with E-state index in [2.05, 4.69) is 4.98 Å². The van der Waals surface area contributed by atoms with Gasteiger partial charge in [0.25, 0.3) is 5.91 Å². The molecule has 1 aromatic carbocycles. The van der Waals surface area contributed by atoms with Crippen molar-refractivity contribution in [3.8, 4) is 6.07 Å². The second kappa shape index (κ2) is 4.61. The summed E-state index contributed by atoms with van der Waals surface area (Å²) in [6.45, 7) is 0. The van der Waals surface area contributed by atoms with Gasteiger partial charge in [0.05, 0.1) is 5.52 Å². The zero-order valence-corrected chi connectivity index (χ0v) is 10.6. The predicted octanol–water partition coefficient (Wildman–Crippen LogP) is 1.13. The van der Waals surface area contributed by atoms with Gasteiger partial charge in [-0.2, -0.15) is 5.26 Å². The van der Waals surface area contributed by atoms with Crippen LogP contribution in [0.5, 0.6) is 0 Å². The van der Waals surface area contributed by atoms with Gasteiger partial charge in [-0.25, -0.2) is 14.3 Å². The van der Waals surface area contributed by atoms with Gasteiger partial charge < -0.3 is 10.2 Å². The Morgan fingerprint density at radius 2 is 2.14 bits per heavy atom. The number of anilines is 1. The van der Waals surface area contributed by atoms with Gasteiger partial charge in [-0.15, -0.1) is 0 Å². The number of fused-ring (bicyclic) bond motifs is 1. The Hall–Kier alpha value is -3.40. The van der Waals surface area contributed by atoms with Crippen molar-refractivity contribution < 1.29 is 9.21 Å². The molecule has 0 unspecified atom stereocenters. The number of hydrogen-bond donors (Lipinski definition) is 1. The van der Waals surface area contributed by atoms with Crippen LogP contribution in [0.25, 0.3) is 11.1 Å². The van der Waals surface area contributed by atoms with Crippen molar-refractivity contribution >= 4 is 22.7 Å². The molecule has 0 atom stereocenters. The number of nitrogens with zero attached hydrogens (tertiary/aromatic N) is 3. The smallest absolute Gasteiger partial charge is 0.407 e. The highest BCUT2D eigenvalue weighted by atomic mass is 16.4. The fourth-order valence-corrected chi connectivity index (χ4v) is 1.98. The zero-order valence-electron chi connectivity index (χ0n) is 10.6. The summed E-state index contributed by atoms with van der Waals surface area (Å²) < 4.78 is 5.90. The average Bonchev–Trinajstić information content (AvgIpc) is 2.81. The molecule has 2 N–H and O–H groups in total. The highest BCUT2D eigenvalue weighted by Crippen LogP contribution is 2.17. The van der Waals surface area contributed by atoms with Crippen LogP contribution in [0.2, 0.25) is 0 Å². The first-order valence-corrected chi connectivity index (χ1v) is 5.92. The van der Waals surface area contributed by atoms with E-state index in [1.54, 1.807) is 6.07 Å². The fourth-order valence-electron chi connectivity index (χ4n) is 1.98. The van der Waals surface area contributed by atoms with Crippen molar-refractivity contribution in [2.75, 3.05) is 5.73 Å². The van der Waals surface area contributed by atoms with Crippen molar-refractivity contribution in [3.05, 3.63) is 58.3 Å². The molecule has 2 aromatic heterocycles. The first kappa shape index (κ1) is 12.6. The Bertz CT molecular complexity index is 962. The van der Waals surface area contributed by atoms with Crippen LogP contribution in [0, 0.1) is 11.3 Å². The molecule has 7 nitrogen and oxygen atoms in total. The van der Waals surface area contributed by atoms with Crippen LogP contribution in [0.15, 0.2) is 45.7 Å². The minimum atomic E-state index is -0.809. The second-order valence-corrected chi connectivity index (χ2v) is 4.28. The normalized spacial score (nSPS) is 10.4. The lowest BCUT2D eigenvalue weighted by Crippen LogP contribution is -2.23. The minimum Gasteiger partial charge on any atom is -0.407 e. The number of nitriles is 1. The van der Waals surface area contributed by atoms with Crippen LogP contribution in [0.3, 0.4) is 0 Å². The fraction of sp³-hybridized carbons (Fsp3) is 0. The quantitative estimate of drug-likeness (QED) is 0.668. The van der Waals surface area contributed by atoms with Gasteiger partial charge in [0.1, 0.15) is 11.8 Å². The third-order valence-corrected chi connectivity index (χ3v) is 2.93. The lowest BCUT2D eigenvalue weighted by molar-refractivity contribution is 0.0956. The second-order valence-electron chi connectivity index (χ2n) is 4.28. The van der Waals surface area contributed by atoms with Crippen LogP contribution >= 0.6 is 0 Å². The first-order chi connectivity index (χ1) is 10.1. The number of pyridine rings is 1. The molecule has 3 aromatic rings. The standard InChI is InChI=1S/C14H8N4O3/c15-7-10-5-8(3-4-17-10)13(19)18-11-2-1-9(16)6-12(11)21-14(18)20/h1-6H,16H2. The molecule has 7 heteroatoms. The number of nitrogens with two attached hydrogens (primary N) is 1. The van der Waals surface area contributed by atoms with E-state index in [9.17, 15) is 9.59 Å². The van der Waals surface area contributed by atoms with Crippen LogP contribution < -0.4 is 11.5 Å². The maximum Gasteiger partial charge on any atom is 0.427 e. The van der Waals surface area contributed by atoms with E-state index in [1.165, 1.54) is 30.5 Å². The van der Waals surface area contributed by atoms with Gasteiger partial charge in [0, 0.05) is 23.5 Å². The number of nitrogen functional groups attached to an aromatic ring is 1. The van der Waals surface area contributed by atoms with E-state index in [0.29, 0.717) is 11.2 Å². The maximum absolute atomic E-state index is 12.4. The number of oxazole rings is 1. The van der Waals surface area contributed by atoms with Crippen LogP contribution in [-0.2, 0) is 0 Å². The Kier molecular flexibility index (Phi) is 2.77. The largest absolute Gasteiger partial charge is 0.427 e. The number of carbonyl (C=O) groups excluding carboxylic acids is 1. The molecule has 3 rings (SSSR count). The molecule has 2 heterocycles. The number of rotatable bonds is 1. The van der Waals surface area contributed by atoms with Crippen LogP contribution in [0.1, 0.15) is 16.1 Å². The van der Waals surface area contributed by atoms with Crippen molar-refractivity contribution in [1.29, 1.82) is 5.26 Å². The molecule has 0 saturated carbocycles. The lowest BCUT2D eigenvalue weighted by Gasteiger charge is -2.01. The number of hydrogen-bond acceptors (Lipinski definition) is 6. The summed E-state index contributed by atoms with van der Waals surface area (Å²) >= 11 is 0. The van der Waals surface area contributed by atoms with Gasteiger partial charge in [-0.3, -0.25) is 4.79 Å². The highest BCUT2D eigenvalue weighted by molar-refractivity contribution is 6.00. The summed E-state index contributed by atoms with van der Waals surface area (Å²) in [4.78, 5) is 28.1. The molecule has 0 radical (unpaired) electrons. The molecule has 0 bridgehead atoms. The van der Waals surface area contributed by atoms with Crippen molar-refractivity contribution in [2.24, 2.45) is 0 Å².